The van der Waals surface area contributed by atoms with Gasteiger partial charge in [-0.1, -0.05) is 12.1 Å². The molecule has 1 aliphatic heterocycles. The SMILES string of the molecule is CN1CC(=O)N(C(C)(C)C(=O)O)c2ccccc21. The van der Waals surface area contributed by atoms with Crippen LogP contribution in [0.2, 0.25) is 0 Å². The number of hydrogen-bond acceptors (Lipinski definition) is 3. The minimum atomic E-state index is -1.26. The summed E-state index contributed by atoms with van der Waals surface area (Å²) in [5.74, 6) is -1.22. The lowest BCUT2D eigenvalue weighted by molar-refractivity contribution is -0.143. The highest BCUT2D eigenvalue weighted by Crippen LogP contribution is 2.36. The van der Waals surface area contributed by atoms with Gasteiger partial charge in [0, 0.05) is 7.05 Å². The Labute approximate surface area is 106 Å². The molecule has 96 valence electrons. The maximum Gasteiger partial charge on any atom is 0.329 e. The van der Waals surface area contributed by atoms with Gasteiger partial charge < -0.3 is 10.0 Å². The number of carbonyl (C=O) groups is 2. The summed E-state index contributed by atoms with van der Waals surface area (Å²) < 4.78 is 0. The second-order valence-corrected chi connectivity index (χ2v) is 4.94. The van der Waals surface area contributed by atoms with E-state index in [1.165, 1.54) is 18.7 Å². The lowest BCUT2D eigenvalue weighted by Gasteiger charge is -2.42. The van der Waals surface area contributed by atoms with Crippen molar-refractivity contribution in [2.24, 2.45) is 0 Å². The topological polar surface area (TPSA) is 60.9 Å². The molecule has 1 aliphatic rings. The molecule has 5 heteroatoms. The first-order valence-corrected chi connectivity index (χ1v) is 5.72. The third-order valence-electron chi connectivity index (χ3n) is 3.24. The van der Waals surface area contributed by atoms with Crippen molar-refractivity contribution in [1.29, 1.82) is 0 Å². The molecule has 0 fully saturated rings. The van der Waals surface area contributed by atoms with Gasteiger partial charge in [0.25, 0.3) is 0 Å². The molecular formula is C13H16N2O3. The first kappa shape index (κ1) is 12.4. The maximum atomic E-state index is 12.1. The minimum absolute atomic E-state index is 0.188. The molecule has 0 aliphatic carbocycles. The Kier molecular flexibility index (Phi) is 2.77. The van der Waals surface area contributed by atoms with Crippen LogP contribution in [-0.4, -0.2) is 36.1 Å². The summed E-state index contributed by atoms with van der Waals surface area (Å²) in [4.78, 5) is 26.7. The van der Waals surface area contributed by atoms with E-state index in [0.717, 1.165) is 5.69 Å². The predicted molar refractivity (Wildman–Crippen MR) is 68.9 cm³/mol. The van der Waals surface area contributed by atoms with E-state index in [4.69, 9.17) is 0 Å². The van der Waals surface area contributed by atoms with Crippen LogP contribution in [0.3, 0.4) is 0 Å². The largest absolute Gasteiger partial charge is 0.480 e. The lowest BCUT2D eigenvalue weighted by Crippen LogP contribution is -2.58. The van der Waals surface area contributed by atoms with E-state index in [1.54, 1.807) is 12.1 Å². The summed E-state index contributed by atoms with van der Waals surface area (Å²) in [5, 5.41) is 9.30. The molecule has 18 heavy (non-hydrogen) atoms. The van der Waals surface area contributed by atoms with E-state index in [9.17, 15) is 14.7 Å². The number of carbonyl (C=O) groups excluding carboxylic acids is 1. The molecule has 1 N–H and O–H groups in total. The van der Waals surface area contributed by atoms with Gasteiger partial charge in [0.2, 0.25) is 5.91 Å². The summed E-state index contributed by atoms with van der Waals surface area (Å²) in [7, 11) is 1.82. The molecule has 1 aromatic rings. The highest BCUT2D eigenvalue weighted by atomic mass is 16.4. The van der Waals surface area contributed by atoms with Crippen LogP contribution >= 0.6 is 0 Å². The van der Waals surface area contributed by atoms with Crippen LogP contribution in [0.1, 0.15) is 13.8 Å². The van der Waals surface area contributed by atoms with E-state index in [0.29, 0.717) is 5.69 Å². The van der Waals surface area contributed by atoms with E-state index >= 15 is 0 Å². The molecule has 0 atom stereocenters. The van der Waals surface area contributed by atoms with Gasteiger partial charge in [-0.25, -0.2) is 4.79 Å². The molecule has 0 spiro atoms. The van der Waals surface area contributed by atoms with Gasteiger partial charge in [-0.05, 0) is 26.0 Å². The standard InChI is InChI=1S/C13H16N2O3/c1-13(2,12(17)18)15-10-7-5-4-6-9(10)14(3)8-11(15)16/h4-7H,8H2,1-3H3,(H,17,18). The Morgan fingerprint density at radius 2 is 1.83 bits per heavy atom. The lowest BCUT2D eigenvalue weighted by atomic mass is 9.99. The van der Waals surface area contributed by atoms with Gasteiger partial charge in [0.15, 0.2) is 0 Å². The summed E-state index contributed by atoms with van der Waals surface area (Å²) in [5.41, 5.74) is 0.254. The number of nitrogens with zero attached hydrogens (tertiary/aromatic N) is 2. The predicted octanol–water partition coefficient (Wildman–Crippen LogP) is 1.33. The highest BCUT2D eigenvalue weighted by Gasteiger charge is 2.42. The average molecular weight is 248 g/mol. The van der Waals surface area contributed by atoms with Crippen molar-refractivity contribution < 1.29 is 14.7 Å². The fourth-order valence-corrected chi connectivity index (χ4v) is 2.18. The van der Waals surface area contributed by atoms with Crippen molar-refractivity contribution in [2.45, 2.75) is 19.4 Å². The summed E-state index contributed by atoms with van der Waals surface area (Å²) in [6, 6.07) is 7.33. The fraction of sp³-hybridized carbons (Fsp3) is 0.385. The molecule has 1 aromatic carbocycles. The van der Waals surface area contributed by atoms with Gasteiger partial charge in [-0.3, -0.25) is 9.69 Å². The Hall–Kier alpha value is -2.04. The molecule has 5 nitrogen and oxygen atoms in total. The highest BCUT2D eigenvalue weighted by molar-refractivity contribution is 6.08. The van der Waals surface area contributed by atoms with Crippen LogP contribution in [0.15, 0.2) is 24.3 Å². The monoisotopic (exact) mass is 248 g/mol. The van der Waals surface area contributed by atoms with Crippen molar-refractivity contribution in [2.75, 3.05) is 23.4 Å². The second kappa shape index (κ2) is 4.01. The minimum Gasteiger partial charge on any atom is -0.480 e. The van der Waals surface area contributed by atoms with E-state index in [-0.39, 0.29) is 12.5 Å². The van der Waals surface area contributed by atoms with Gasteiger partial charge >= 0.3 is 5.97 Å². The first-order valence-electron chi connectivity index (χ1n) is 5.72. The van der Waals surface area contributed by atoms with Crippen LogP contribution in [0.25, 0.3) is 0 Å². The number of fused-ring (bicyclic) bond motifs is 1. The van der Waals surface area contributed by atoms with Gasteiger partial charge in [0.05, 0.1) is 17.9 Å². The number of rotatable bonds is 2. The van der Waals surface area contributed by atoms with Crippen molar-refractivity contribution in [3.8, 4) is 0 Å². The van der Waals surface area contributed by atoms with Crippen molar-refractivity contribution in [1.82, 2.24) is 0 Å². The summed E-state index contributed by atoms with van der Waals surface area (Å²) in [6.07, 6.45) is 0. The smallest absolute Gasteiger partial charge is 0.329 e. The molecule has 2 rings (SSSR count). The number of amides is 1. The van der Waals surface area contributed by atoms with Crippen molar-refractivity contribution in [3.63, 3.8) is 0 Å². The van der Waals surface area contributed by atoms with Crippen molar-refractivity contribution >= 4 is 23.3 Å². The molecule has 0 radical (unpaired) electrons. The maximum absolute atomic E-state index is 12.1. The Morgan fingerprint density at radius 1 is 1.28 bits per heavy atom. The number of benzene rings is 1. The zero-order valence-electron chi connectivity index (χ0n) is 10.7. The number of carboxylic acids is 1. The van der Waals surface area contributed by atoms with Crippen LogP contribution < -0.4 is 9.80 Å². The van der Waals surface area contributed by atoms with E-state index in [2.05, 4.69) is 0 Å². The molecule has 0 saturated heterocycles. The third kappa shape index (κ3) is 1.72. The third-order valence-corrected chi connectivity index (χ3v) is 3.24. The van der Waals surface area contributed by atoms with Crippen LogP contribution in [0, 0.1) is 0 Å². The normalized spacial score (nSPS) is 15.6. The number of aliphatic carboxylic acids is 1. The molecular weight excluding hydrogens is 232 g/mol. The average Bonchev–Trinajstić information content (AvgIpc) is 2.28. The zero-order valence-corrected chi connectivity index (χ0v) is 10.7. The number of anilines is 2. The number of carboxylic acid groups (broad SMARTS) is 1. The number of para-hydroxylation sites is 2. The Balaban J connectivity index is 2.58. The molecule has 0 aromatic heterocycles. The van der Waals surface area contributed by atoms with Crippen LogP contribution in [0.4, 0.5) is 11.4 Å². The van der Waals surface area contributed by atoms with Gasteiger partial charge in [0.1, 0.15) is 5.54 Å². The zero-order chi connectivity index (χ0) is 13.5. The quantitative estimate of drug-likeness (QED) is 0.857. The fourth-order valence-electron chi connectivity index (χ4n) is 2.18. The van der Waals surface area contributed by atoms with Gasteiger partial charge in [-0.15, -0.1) is 0 Å². The molecule has 0 unspecified atom stereocenters. The summed E-state index contributed by atoms with van der Waals surface area (Å²) >= 11 is 0. The van der Waals surface area contributed by atoms with Crippen LogP contribution in [-0.2, 0) is 9.59 Å². The number of hydrogen-bond donors (Lipinski definition) is 1. The molecule has 1 amide bonds. The summed E-state index contributed by atoms with van der Waals surface area (Å²) in [6.45, 7) is 3.26. The van der Waals surface area contributed by atoms with E-state index < -0.39 is 11.5 Å². The van der Waals surface area contributed by atoms with Crippen molar-refractivity contribution in [3.05, 3.63) is 24.3 Å². The number of likely N-dealkylation sites (N-methyl/N-ethyl adjacent to an activating group) is 1. The molecule has 1 heterocycles. The van der Waals surface area contributed by atoms with Gasteiger partial charge in [-0.2, -0.15) is 0 Å². The van der Waals surface area contributed by atoms with Crippen LogP contribution in [0.5, 0.6) is 0 Å². The first-order chi connectivity index (χ1) is 8.35. The Morgan fingerprint density at radius 3 is 2.39 bits per heavy atom. The van der Waals surface area contributed by atoms with E-state index in [1.807, 2.05) is 24.1 Å². The second-order valence-electron chi connectivity index (χ2n) is 4.94. The molecule has 0 bridgehead atoms. The molecule has 0 saturated carbocycles. The Bertz CT molecular complexity index is 511.